The number of hydrogen-bond donors (Lipinski definition) is 0. The van der Waals surface area contributed by atoms with E-state index in [-0.39, 0.29) is 18.1 Å². The van der Waals surface area contributed by atoms with Gasteiger partial charge in [0, 0.05) is 13.7 Å². The zero-order chi connectivity index (χ0) is 16.2. The lowest BCUT2D eigenvalue weighted by atomic mass is 9.96. The molecule has 1 aliphatic rings. The molecule has 6 heteroatoms. The van der Waals surface area contributed by atoms with E-state index in [1.165, 1.54) is 7.11 Å². The molecule has 0 aliphatic carbocycles. The fraction of sp³-hybridized carbons (Fsp3) is 0.867. The van der Waals surface area contributed by atoms with Gasteiger partial charge in [0.15, 0.2) is 0 Å². The number of carbonyl (C=O) groups is 2. The number of ether oxygens (including phenoxy) is 3. The van der Waals surface area contributed by atoms with Crippen LogP contribution in [0, 0.1) is 5.92 Å². The lowest BCUT2D eigenvalue weighted by molar-refractivity contribution is -0.151. The van der Waals surface area contributed by atoms with E-state index in [1.54, 1.807) is 18.9 Å². The van der Waals surface area contributed by atoms with Gasteiger partial charge in [0.25, 0.3) is 0 Å². The fourth-order valence-corrected chi connectivity index (χ4v) is 2.70. The van der Waals surface area contributed by atoms with Gasteiger partial charge in [-0.25, -0.2) is 4.79 Å². The zero-order valence-electron chi connectivity index (χ0n) is 13.8. The van der Waals surface area contributed by atoms with Crippen LogP contribution in [0.1, 0.15) is 40.5 Å². The normalized spacial score (nSPS) is 21.8. The van der Waals surface area contributed by atoms with Gasteiger partial charge in [-0.1, -0.05) is 0 Å². The lowest BCUT2D eigenvalue weighted by Gasteiger charge is -2.34. The summed E-state index contributed by atoms with van der Waals surface area (Å²) in [6, 6.07) is -0.168. The summed E-state index contributed by atoms with van der Waals surface area (Å²) in [5, 5.41) is 0. The highest BCUT2D eigenvalue weighted by molar-refractivity contribution is 5.73. The van der Waals surface area contributed by atoms with Crippen molar-refractivity contribution in [1.29, 1.82) is 0 Å². The predicted molar refractivity (Wildman–Crippen MR) is 77.9 cm³/mol. The van der Waals surface area contributed by atoms with Crippen LogP contribution in [-0.2, 0) is 19.0 Å². The minimum Gasteiger partial charge on any atom is -0.469 e. The summed E-state index contributed by atoms with van der Waals surface area (Å²) in [6.07, 6.45) is 0.910. The van der Waals surface area contributed by atoms with Gasteiger partial charge in [0.2, 0.25) is 0 Å². The number of amides is 1. The standard InChI is InChI=1S/C15H27NO5/c1-10(13(17)20-6)12(19-5)11-8-7-9-16(11)14(18)21-15(2,3)4/h10-12H,7-9H2,1-6H3/t10?,11-,12?/m0/s1. The van der Waals surface area contributed by atoms with Gasteiger partial charge in [0.05, 0.1) is 25.2 Å². The van der Waals surface area contributed by atoms with Crippen molar-refractivity contribution in [2.45, 2.75) is 58.3 Å². The van der Waals surface area contributed by atoms with E-state index in [1.807, 2.05) is 20.8 Å². The van der Waals surface area contributed by atoms with E-state index in [0.717, 1.165) is 12.8 Å². The third-order valence-corrected chi connectivity index (χ3v) is 3.64. The zero-order valence-corrected chi connectivity index (χ0v) is 13.8. The molecule has 0 aromatic heterocycles. The van der Waals surface area contributed by atoms with Gasteiger partial charge in [0.1, 0.15) is 5.60 Å². The largest absolute Gasteiger partial charge is 0.469 e. The van der Waals surface area contributed by atoms with Gasteiger partial charge in [-0.05, 0) is 40.5 Å². The van der Waals surface area contributed by atoms with E-state index in [4.69, 9.17) is 14.2 Å². The van der Waals surface area contributed by atoms with Crippen molar-refractivity contribution in [1.82, 2.24) is 4.90 Å². The molecule has 0 N–H and O–H groups in total. The molecule has 1 saturated heterocycles. The number of rotatable bonds is 4. The summed E-state index contributed by atoms with van der Waals surface area (Å²) in [5.74, 6) is -0.772. The first kappa shape index (κ1) is 17.8. The van der Waals surface area contributed by atoms with Crippen LogP contribution in [-0.4, -0.2) is 55.5 Å². The highest BCUT2D eigenvalue weighted by Crippen LogP contribution is 2.28. The topological polar surface area (TPSA) is 65.1 Å². The molecule has 1 heterocycles. The number of methoxy groups -OCH3 is 2. The van der Waals surface area contributed by atoms with Crippen LogP contribution >= 0.6 is 0 Å². The fourth-order valence-electron chi connectivity index (χ4n) is 2.70. The van der Waals surface area contributed by atoms with Crippen LogP contribution < -0.4 is 0 Å². The Kier molecular flexibility index (Phi) is 6.01. The molecule has 1 amide bonds. The molecular weight excluding hydrogens is 274 g/mol. The Hall–Kier alpha value is -1.30. The number of esters is 1. The second kappa shape index (κ2) is 7.11. The molecule has 122 valence electrons. The first-order valence-corrected chi connectivity index (χ1v) is 7.31. The Morgan fingerprint density at radius 2 is 1.86 bits per heavy atom. The molecule has 2 unspecified atom stereocenters. The maximum Gasteiger partial charge on any atom is 0.410 e. The first-order valence-electron chi connectivity index (χ1n) is 7.31. The Bertz CT molecular complexity index is 377. The van der Waals surface area contributed by atoms with E-state index >= 15 is 0 Å². The molecule has 21 heavy (non-hydrogen) atoms. The summed E-state index contributed by atoms with van der Waals surface area (Å²) >= 11 is 0. The van der Waals surface area contributed by atoms with Gasteiger partial charge in [-0.3, -0.25) is 4.79 Å². The van der Waals surface area contributed by atoms with Gasteiger partial charge < -0.3 is 19.1 Å². The van der Waals surface area contributed by atoms with Crippen molar-refractivity contribution >= 4 is 12.1 Å². The smallest absolute Gasteiger partial charge is 0.410 e. The average molecular weight is 301 g/mol. The first-order chi connectivity index (χ1) is 9.71. The monoisotopic (exact) mass is 301 g/mol. The van der Waals surface area contributed by atoms with Crippen molar-refractivity contribution in [2.75, 3.05) is 20.8 Å². The third kappa shape index (κ3) is 4.59. The summed E-state index contributed by atoms with van der Waals surface area (Å²) in [4.78, 5) is 25.7. The van der Waals surface area contributed by atoms with Gasteiger partial charge in [-0.15, -0.1) is 0 Å². The van der Waals surface area contributed by atoms with Crippen molar-refractivity contribution in [3.05, 3.63) is 0 Å². The average Bonchev–Trinajstić information content (AvgIpc) is 2.85. The van der Waals surface area contributed by atoms with E-state index in [2.05, 4.69) is 0 Å². The summed E-state index contributed by atoms with van der Waals surface area (Å²) < 4.78 is 15.7. The minimum atomic E-state index is -0.541. The molecule has 0 saturated carbocycles. The third-order valence-electron chi connectivity index (χ3n) is 3.64. The van der Waals surface area contributed by atoms with E-state index < -0.39 is 17.6 Å². The van der Waals surface area contributed by atoms with Crippen molar-refractivity contribution in [2.24, 2.45) is 5.92 Å². The molecule has 1 aliphatic heterocycles. The molecule has 1 fully saturated rings. The molecule has 3 atom stereocenters. The quantitative estimate of drug-likeness (QED) is 0.745. The van der Waals surface area contributed by atoms with Crippen molar-refractivity contribution < 1.29 is 23.8 Å². The highest BCUT2D eigenvalue weighted by Gasteiger charge is 2.41. The van der Waals surface area contributed by atoms with E-state index in [0.29, 0.717) is 6.54 Å². The molecule has 0 bridgehead atoms. The number of likely N-dealkylation sites (tertiary alicyclic amines) is 1. The van der Waals surface area contributed by atoms with E-state index in [9.17, 15) is 9.59 Å². The number of hydrogen-bond acceptors (Lipinski definition) is 5. The molecule has 0 spiro atoms. The van der Waals surface area contributed by atoms with Crippen LogP contribution in [0.25, 0.3) is 0 Å². The van der Waals surface area contributed by atoms with Crippen molar-refractivity contribution in [3.8, 4) is 0 Å². The Labute approximate surface area is 126 Å². The second-order valence-electron chi connectivity index (χ2n) is 6.40. The number of carbonyl (C=O) groups excluding carboxylic acids is 2. The van der Waals surface area contributed by atoms with Crippen LogP contribution in [0.4, 0.5) is 4.79 Å². The minimum absolute atomic E-state index is 0.168. The lowest BCUT2D eigenvalue weighted by Crippen LogP contribution is -2.49. The number of nitrogens with zero attached hydrogens (tertiary/aromatic N) is 1. The summed E-state index contributed by atoms with van der Waals surface area (Å²) in [5.41, 5.74) is -0.541. The Balaban J connectivity index is 2.83. The van der Waals surface area contributed by atoms with Gasteiger partial charge in [-0.2, -0.15) is 0 Å². The molecule has 1 rings (SSSR count). The summed E-state index contributed by atoms with van der Waals surface area (Å²) in [7, 11) is 2.90. The van der Waals surface area contributed by atoms with Crippen LogP contribution in [0.2, 0.25) is 0 Å². The molecule has 0 radical (unpaired) electrons. The maximum absolute atomic E-state index is 12.3. The molecule has 0 aromatic rings. The van der Waals surface area contributed by atoms with Crippen LogP contribution in [0.5, 0.6) is 0 Å². The Morgan fingerprint density at radius 1 is 1.24 bits per heavy atom. The Morgan fingerprint density at radius 3 is 2.33 bits per heavy atom. The molecule has 0 aromatic carbocycles. The predicted octanol–water partition coefficient (Wildman–Crippen LogP) is 2.21. The summed E-state index contributed by atoms with van der Waals surface area (Å²) in [6.45, 7) is 7.88. The SMILES string of the molecule is COC(=O)C(C)C(OC)[C@@H]1CCCN1C(=O)OC(C)(C)C. The highest BCUT2D eigenvalue weighted by atomic mass is 16.6. The second-order valence-corrected chi connectivity index (χ2v) is 6.40. The van der Waals surface area contributed by atoms with Crippen LogP contribution in [0.3, 0.4) is 0 Å². The van der Waals surface area contributed by atoms with Crippen LogP contribution in [0.15, 0.2) is 0 Å². The molecule has 6 nitrogen and oxygen atoms in total. The molecular formula is C15H27NO5. The maximum atomic E-state index is 12.3. The van der Waals surface area contributed by atoms with Crippen molar-refractivity contribution in [3.63, 3.8) is 0 Å². The van der Waals surface area contributed by atoms with Gasteiger partial charge >= 0.3 is 12.1 Å².